The fraction of sp³-hybridized carbons (Fsp3) is 0.100. The van der Waals surface area contributed by atoms with Gasteiger partial charge in [0.1, 0.15) is 23.9 Å². The van der Waals surface area contributed by atoms with Crippen LogP contribution in [0.15, 0.2) is 107 Å². The predicted molar refractivity (Wildman–Crippen MR) is 149 cm³/mol. The Morgan fingerprint density at radius 3 is 2.29 bits per heavy atom. The van der Waals surface area contributed by atoms with E-state index in [1.54, 1.807) is 54.6 Å². The Hall–Kier alpha value is -4.43. The third-order valence-corrected chi connectivity index (χ3v) is 5.87. The van der Waals surface area contributed by atoms with Crippen LogP contribution in [0.3, 0.4) is 0 Å². The highest BCUT2D eigenvalue weighted by Gasteiger charge is 2.13. The van der Waals surface area contributed by atoms with Gasteiger partial charge in [-0.25, -0.2) is 10.2 Å². The summed E-state index contributed by atoms with van der Waals surface area (Å²) in [7, 11) is 0. The van der Waals surface area contributed by atoms with E-state index in [1.165, 1.54) is 6.21 Å². The second kappa shape index (κ2) is 13.2. The summed E-state index contributed by atoms with van der Waals surface area (Å²) in [5.41, 5.74) is 5.28. The van der Waals surface area contributed by atoms with Crippen molar-refractivity contribution in [2.45, 2.75) is 13.5 Å². The molecule has 38 heavy (non-hydrogen) atoms. The molecule has 0 saturated carbocycles. The molecule has 0 aliphatic rings. The lowest BCUT2D eigenvalue weighted by molar-refractivity contribution is -0.123. The third-order valence-electron chi connectivity index (χ3n) is 5.37. The van der Waals surface area contributed by atoms with Gasteiger partial charge in [0, 0.05) is 10.0 Å². The molecule has 0 bridgehead atoms. The molecule has 4 aromatic rings. The molecular weight excluding hydrogens is 548 g/mol. The molecule has 1 amide bonds. The third kappa shape index (κ3) is 7.78. The maximum atomic E-state index is 12.6. The number of aryl methyl sites for hydroxylation is 1. The smallest absolute Gasteiger partial charge is 0.343 e. The number of hydrogen-bond donors (Lipinski definition) is 1. The highest BCUT2D eigenvalue weighted by atomic mass is 79.9. The lowest BCUT2D eigenvalue weighted by atomic mass is 10.1. The quantitative estimate of drug-likeness (QED) is 0.108. The van der Waals surface area contributed by atoms with E-state index in [9.17, 15) is 9.59 Å². The van der Waals surface area contributed by atoms with Gasteiger partial charge >= 0.3 is 5.97 Å². The van der Waals surface area contributed by atoms with Crippen LogP contribution in [0.4, 0.5) is 0 Å². The minimum absolute atomic E-state index is 0.227. The molecule has 4 rings (SSSR count). The van der Waals surface area contributed by atoms with E-state index in [4.69, 9.17) is 14.2 Å². The van der Waals surface area contributed by atoms with E-state index in [-0.39, 0.29) is 6.61 Å². The van der Waals surface area contributed by atoms with Gasteiger partial charge in [-0.2, -0.15) is 5.10 Å². The number of carbonyl (C=O) groups is 2. The number of halogens is 1. The number of hydrogen-bond acceptors (Lipinski definition) is 6. The van der Waals surface area contributed by atoms with Crippen molar-refractivity contribution in [3.8, 4) is 17.2 Å². The molecule has 0 radical (unpaired) electrons. The van der Waals surface area contributed by atoms with E-state index >= 15 is 0 Å². The van der Waals surface area contributed by atoms with Crippen molar-refractivity contribution in [2.24, 2.45) is 5.10 Å². The number of nitrogens with zero attached hydrogens (tertiary/aromatic N) is 1. The minimum Gasteiger partial charge on any atom is -0.489 e. The Morgan fingerprint density at radius 1 is 0.868 bits per heavy atom. The van der Waals surface area contributed by atoms with Crippen LogP contribution >= 0.6 is 15.9 Å². The zero-order chi connectivity index (χ0) is 26.7. The van der Waals surface area contributed by atoms with Gasteiger partial charge in [0.2, 0.25) is 0 Å². The highest BCUT2D eigenvalue weighted by Crippen LogP contribution is 2.23. The fourth-order valence-corrected chi connectivity index (χ4v) is 3.78. The lowest BCUT2D eigenvalue weighted by Gasteiger charge is -2.10. The van der Waals surface area contributed by atoms with Crippen LogP contribution in [0.5, 0.6) is 17.2 Å². The van der Waals surface area contributed by atoms with Gasteiger partial charge in [0.05, 0.1) is 11.8 Å². The standard InChI is InChI=1S/C30H25BrN2O5/c1-21-7-5-6-10-27(21)30(35)38-28-16-11-24(31)17-23(28)18-32-33-29(34)20-37-26-14-12-25(13-15-26)36-19-22-8-3-2-4-9-22/h2-18H,19-20H2,1H3,(H,33,34). The number of esters is 1. The van der Waals surface area contributed by atoms with E-state index in [0.29, 0.717) is 35.0 Å². The maximum absolute atomic E-state index is 12.6. The number of amides is 1. The molecule has 0 spiro atoms. The zero-order valence-electron chi connectivity index (χ0n) is 20.6. The monoisotopic (exact) mass is 572 g/mol. The van der Waals surface area contributed by atoms with E-state index in [0.717, 1.165) is 15.6 Å². The van der Waals surface area contributed by atoms with Crippen molar-refractivity contribution in [1.82, 2.24) is 5.43 Å². The van der Waals surface area contributed by atoms with Crippen molar-refractivity contribution in [2.75, 3.05) is 6.61 Å². The molecule has 1 N–H and O–H groups in total. The largest absolute Gasteiger partial charge is 0.489 e. The summed E-state index contributed by atoms with van der Waals surface area (Å²) in [5.74, 6) is 0.607. The van der Waals surface area contributed by atoms with E-state index in [2.05, 4.69) is 26.5 Å². The van der Waals surface area contributed by atoms with Crippen LogP contribution in [0.1, 0.15) is 27.0 Å². The maximum Gasteiger partial charge on any atom is 0.343 e. The number of carbonyl (C=O) groups excluding carboxylic acids is 2. The first kappa shape index (κ1) is 26.6. The Labute approximate surface area is 229 Å². The Balaban J connectivity index is 1.28. The van der Waals surface area contributed by atoms with Crippen molar-refractivity contribution in [1.29, 1.82) is 0 Å². The summed E-state index contributed by atoms with van der Waals surface area (Å²) >= 11 is 3.40. The van der Waals surface area contributed by atoms with E-state index in [1.807, 2.05) is 49.4 Å². The van der Waals surface area contributed by atoms with Gasteiger partial charge in [0.25, 0.3) is 5.91 Å². The first-order chi connectivity index (χ1) is 18.5. The summed E-state index contributed by atoms with van der Waals surface area (Å²) in [4.78, 5) is 24.8. The van der Waals surface area contributed by atoms with Crippen LogP contribution in [-0.2, 0) is 11.4 Å². The van der Waals surface area contributed by atoms with Crippen LogP contribution in [0.25, 0.3) is 0 Å². The molecule has 0 aliphatic carbocycles. The Bertz CT molecular complexity index is 1420. The molecule has 0 saturated heterocycles. The van der Waals surface area contributed by atoms with Gasteiger partial charge in [-0.1, -0.05) is 64.5 Å². The molecule has 0 fully saturated rings. The minimum atomic E-state index is -0.478. The normalized spacial score (nSPS) is 10.7. The average molecular weight is 573 g/mol. The topological polar surface area (TPSA) is 86.2 Å². The molecule has 0 aromatic heterocycles. The second-order valence-electron chi connectivity index (χ2n) is 8.21. The first-order valence-electron chi connectivity index (χ1n) is 11.8. The molecule has 4 aromatic carbocycles. The van der Waals surface area contributed by atoms with Crippen LogP contribution < -0.4 is 19.6 Å². The van der Waals surface area contributed by atoms with Gasteiger partial charge in [0.15, 0.2) is 6.61 Å². The Morgan fingerprint density at radius 2 is 1.55 bits per heavy atom. The predicted octanol–water partition coefficient (Wildman–Crippen LogP) is 6.08. The number of ether oxygens (including phenoxy) is 3. The summed E-state index contributed by atoms with van der Waals surface area (Å²) < 4.78 is 17.6. The first-order valence-corrected chi connectivity index (χ1v) is 12.6. The lowest BCUT2D eigenvalue weighted by Crippen LogP contribution is -2.24. The van der Waals surface area contributed by atoms with Crippen molar-refractivity contribution in [3.05, 3.63) is 124 Å². The van der Waals surface area contributed by atoms with Crippen LogP contribution in [0.2, 0.25) is 0 Å². The Kier molecular flexibility index (Phi) is 9.26. The summed E-state index contributed by atoms with van der Waals surface area (Å²) in [6.45, 7) is 2.08. The van der Waals surface area contributed by atoms with Crippen molar-refractivity contribution in [3.63, 3.8) is 0 Å². The van der Waals surface area contributed by atoms with Gasteiger partial charge in [-0.3, -0.25) is 4.79 Å². The molecular formula is C30H25BrN2O5. The van der Waals surface area contributed by atoms with Gasteiger partial charge < -0.3 is 14.2 Å². The molecule has 0 heterocycles. The molecule has 0 atom stereocenters. The zero-order valence-corrected chi connectivity index (χ0v) is 22.2. The number of hydrazone groups is 1. The van der Waals surface area contributed by atoms with Gasteiger partial charge in [-0.15, -0.1) is 0 Å². The second-order valence-corrected chi connectivity index (χ2v) is 9.13. The average Bonchev–Trinajstić information content (AvgIpc) is 2.93. The van der Waals surface area contributed by atoms with Crippen LogP contribution in [0, 0.1) is 6.92 Å². The molecule has 0 aliphatic heterocycles. The molecule has 192 valence electrons. The van der Waals surface area contributed by atoms with Crippen molar-refractivity contribution >= 4 is 34.0 Å². The van der Waals surface area contributed by atoms with E-state index < -0.39 is 11.9 Å². The van der Waals surface area contributed by atoms with Gasteiger partial charge in [-0.05, 0) is 66.6 Å². The summed E-state index contributed by atoms with van der Waals surface area (Å²) in [5, 5.41) is 3.98. The van der Waals surface area contributed by atoms with Crippen molar-refractivity contribution < 1.29 is 23.8 Å². The number of benzene rings is 4. The SMILES string of the molecule is Cc1ccccc1C(=O)Oc1ccc(Br)cc1C=NNC(=O)COc1ccc(OCc2ccccc2)cc1. The van der Waals surface area contributed by atoms with Crippen LogP contribution in [-0.4, -0.2) is 24.7 Å². The molecule has 8 heteroatoms. The highest BCUT2D eigenvalue weighted by molar-refractivity contribution is 9.10. The summed E-state index contributed by atoms with van der Waals surface area (Å²) in [6, 6.07) is 29.2. The number of nitrogens with one attached hydrogen (secondary N) is 1. The fourth-order valence-electron chi connectivity index (χ4n) is 3.40. The molecule has 7 nitrogen and oxygen atoms in total. The summed E-state index contributed by atoms with van der Waals surface area (Å²) in [6.07, 6.45) is 1.40. The number of rotatable bonds is 10. The molecule has 0 unspecified atom stereocenters.